The number of aromatic nitrogens is 3. The van der Waals surface area contributed by atoms with Gasteiger partial charge in [0.05, 0.1) is 18.9 Å². The van der Waals surface area contributed by atoms with Gasteiger partial charge in [0.25, 0.3) is 0 Å². The van der Waals surface area contributed by atoms with Crippen molar-refractivity contribution in [2.24, 2.45) is 0 Å². The summed E-state index contributed by atoms with van der Waals surface area (Å²) in [4.78, 5) is 3.47. The molecule has 4 rings (SSSR count). The maximum absolute atomic E-state index is 5.65. The molecule has 5 nitrogen and oxygen atoms in total. The van der Waals surface area contributed by atoms with Gasteiger partial charge in [0.2, 0.25) is 0 Å². The van der Waals surface area contributed by atoms with Crippen molar-refractivity contribution in [1.82, 2.24) is 15.2 Å². The van der Waals surface area contributed by atoms with Gasteiger partial charge in [0.15, 0.2) is 0 Å². The lowest BCUT2D eigenvalue weighted by atomic mass is 10.0. The van der Waals surface area contributed by atoms with Gasteiger partial charge < -0.3 is 15.5 Å². The topological polar surface area (TPSA) is 79.7 Å². The quantitative estimate of drug-likeness (QED) is 0.623. The molecule has 0 saturated heterocycles. The van der Waals surface area contributed by atoms with Gasteiger partial charge >= 0.3 is 0 Å². The summed E-state index contributed by atoms with van der Waals surface area (Å²) in [6.07, 6.45) is 0.955. The average molecular weight is 254 g/mol. The molecular formula is C14H14N4O. The number of fused-ring (bicyclic) bond motifs is 3. The Kier molecular flexibility index (Phi) is 2.16. The van der Waals surface area contributed by atoms with E-state index in [1.807, 2.05) is 6.07 Å². The molecule has 0 amide bonds. The van der Waals surface area contributed by atoms with Crippen LogP contribution in [0.2, 0.25) is 0 Å². The van der Waals surface area contributed by atoms with Crippen molar-refractivity contribution in [3.8, 4) is 11.3 Å². The number of rotatable bonds is 1. The second-order valence-corrected chi connectivity index (χ2v) is 4.85. The molecule has 0 atom stereocenters. The normalized spacial score (nSPS) is 14.7. The van der Waals surface area contributed by atoms with E-state index in [4.69, 9.17) is 10.5 Å². The van der Waals surface area contributed by atoms with E-state index in [-0.39, 0.29) is 0 Å². The highest BCUT2D eigenvalue weighted by atomic mass is 16.5. The number of nitrogens with zero attached hydrogens (tertiary/aromatic N) is 1. The van der Waals surface area contributed by atoms with Gasteiger partial charge in [-0.05, 0) is 12.1 Å². The zero-order valence-corrected chi connectivity index (χ0v) is 10.4. The molecule has 19 heavy (non-hydrogen) atoms. The Morgan fingerprint density at radius 2 is 2.21 bits per heavy atom. The van der Waals surface area contributed by atoms with E-state index in [2.05, 4.69) is 33.4 Å². The van der Waals surface area contributed by atoms with Gasteiger partial charge in [0.1, 0.15) is 5.82 Å². The average Bonchev–Trinajstić information content (AvgIpc) is 3.01. The molecule has 1 aliphatic rings. The Bertz CT molecular complexity index is 756. The highest BCUT2D eigenvalue weighted by Gasteiger charge is 2.16. The first-order valence-corrected chi connectivity index (χ1v) is 6.34. The van der Waals surface area contributed by atoms with Crippen molar-refractivity contribution in [2.45, 2.75) is 13.0 Å². The van der Waals surface area contributed by atoms with Crippen molar-refractivity contribution in [2.75, 3.05) is 12.3 Å². The van der Waals surface area contributed by atoms with Crippen LogP contribution in [0.25, 0.3) is 22.2 Å². The van der Waals surface area contributed by atoms with Crippen LogP contribution in [0.1, 0.15) is 11.3 Å². The van der Waals surface area contributed by atoms with E-state index >= 15 is 0 Å². The van der Waals surface area contributed by atoms with Crippen LogP contribution in [0.15, 0.2) is 24.3 Å². The van der Waals surface area contributed by atoms with Crippen LogP contribution in [0, 0.1) is 0 Å². The standard InChI is InChI=1S/C14H14N4O/c15-14-6-13(17-18-14)8-1-2-11-9(5-8)10-7-19-4-3-12(10)16-11/h1-2,5-6,16H,3-4,7H2,(H3,15,17,18). The van der Waals surface area contributed by atoms with E-state index < -0.39 is 0 Å². The van der Waals surface area contributed by atoms with Crippen LogP contribution < -0.4 is 5.73 Å². The SMILES string of the molecule is Nc1cc(-c2ccc3[nH]c4c(c3c2)COCC4)[nH]n1. The Morgan fingerprint density at radius 3 is 3.05 bits per heavy atom. The number of ether oxygens (including phenoxy) is 1. The third kappa shape index (κ3) is 1.62. The molecule has 0 bridgehead atoms. The summed E-state index contributed by atoms with van der Waals surface area (Å²) >= 11 is 0. The second kappa shape index (κ2) is 3.86. The molecule has 1 aliphatic heterocycles. The summed E-state index contributed by atoms with van der Waals surface area (Å²) in [6, 6.07) is 8.17. The Morgan fingerprint density at radius 1 is 1.26 bits per heavy atom. The minimum absolute atomic E-state index is 0.509. The molecule has 0 unspecified atom stereocenters. The second-order valence-electron chi connectivity index (χ2n) is 4.85. The molecular weight excluding hydrogens is 240 g/mol. The third-order valence-corrected chi connectivity index (χ3v) is 3.65. The molecule has 3 aromatic rings. The van der Waals surface area contributed by atoms with Crippen molar-refractivity contribution in [3.63, 3.8) is 0 Å². The van der Waals surface area contributed by atoms with Gasteiger partial charge in [0, 0.05) is 40.2 Å². The smallest absolute Gasteiger partial charge is 0.145 e. The summed E-state index contributed by atoms with van der Waals surface area (Å²) in [6.45, 7) is 1.48. The number of aromatic amines is 2. The molecule has 4 N–H and O–H groups in total. The van der Waals surface area contributed by atoms with Crippen LogP contribution in [0.3, 0.4) is 0 Å². The largest absolute Gasteiger partial charge is 0.382 e. The molecule has 0 fully saturated rings. The van der Waals surface area contributed by atoms with E-state index in [9.17, 15) is 0 Å². The maximum atomic E-state index is 5.65. The Balaban J connectivity index is 1.90. The molecule has 96 valence electrons. The third-order valence-electron chi connectivity index (χ3n) is 3.65. The Hall–Kier alpha value is -2.27. The maximum Gasteiger partial charge on any atom is 0.145 e. The van der Waals surface area contributed by atoms with E-state index in [0.717, 1.165) is 29.8 Å². The van der Waals surface area contributed by atoms with Crippen molar-refractivity contribution in [1.29, 1.82) is 0 Å². The van der Waals surface area contributed by atoms with E-state index in [1.54, 1.807) is 0 Å². The number of hydrogen-bond donors (Lipinski definition) is 3. The van der Waals surface area contributed by atoms with Crippen LogP contribution >= 0.6 is 0 Å². The van der Waals surface area contributed by atoms with Gasteiger partial charge in [-0.25, -0.2) is 0 Å². The highest BCUT2D eigenvalue weighted by molar-refractivity contribution is 5.89. The Labute approximate surface area is 109 Å². The number of nitrogen functional groups attached to an aromatic ring is 1. The van der Waals surface area contributed by atoms with E-state index in [1.165, 1.54) is 16.6 Å². The molecule has 1 aromatic carbocycles. The fourth-order valence-electron chi connectivity index (χ4n) is 2.68. The summed E-state index contributed by atoms with van der Waals surface area (Å²) < 4.78 is 5.55. The fraction of sp³-hybridized carbons (Fsp3) is 0.214. The van der Waals surface area contributed by atoms with Gasteiger partial charge in [-0.1, -0.05) is 6.07 Å². The number of nitrogens with one attached hydrogen (secondary N) is 2. The van der Waals surface area contributed by atoms with E-state index in [0.29, 0.717) is 12.4 Å². The lowest BCUT2D eigenvalue weighted by molar-refractivity contribution is 0.111. The molecule has 3 heterocycles. The fourth-order valence-corrected chi connectivity index (χ4v) is 2.68. The van der Waals surface area contributed by atoms with Crippen molar-refractivity contribution >= 4 is 16.7 Å². The molecule has 0 radical (unpaired) electrons. The first-order chi connectivity index (χ1) is 9.31. The molecule has 0 aliphatic carbocycles. The van der Waals surface area contributed by atoms with Crippen molar-refractivity contribution < 1.29 is 4.74 Å². The monoisotopic (exact) mass is 254 g/mol. The first kappa shape index (κ1) is 10.6. The molecule has 2 aromatic heterocycles. The highest BCUT2D eigenvalue weighted by Crippen LogP contribution is 2.30. The number of nitrogens with two attached hydrogens (primary N) is 1. The minimum atomic E-state index is 0.509. The predicted octanol–water partition coefficient (Wildman–Crippen LogP) is 2.21. The number of anilines is 1. The molecule has 0 spiro atoms. The van der Waals surface area contributed by atoms with Gasteiger partial charge in [-0.15, -0.1) is 0 Å². The van der Waals surface area contributed by atoms with Crippen LogP contribution in [-0.4, -0.2) is 21.8 Å². The lowest BCUT2D eigenvalue weighted by Gasteiger charge is -2.11. The number of hydrogen-bond acceptors (Lipinski definition) is 3. The van der Waals surface area contributed by atoms with Crippen molar-refractivity contribution in [3.05, 3.63) is 35.5 Å². The summed E-state index contributed by atoms with van der Waals surface area (Å²) in [5.74, 6) is 0.509. The minimum Gasteiger partial charge on any atom is -0.382 e. The zero-order chi connectivity index (χ0) is 12.8. The number of benzene rings is 1. The summed E-state index contributed by atoms with van der Waals surface area (Å²) in [5, 5.41) is 8.13. The van der Waals surface area contributed by atoms with Crippen LogP contribution in [0.5, 0.6) is 0 Å². The van der Waals surface area contributed by atoms with Crippen LogP contribution in [0.4, 0.5) is 5.82 Å². The lowest BCUT2D eigenvalue weighted by Crippen LogP contribution is -2.08. The van der Waals surface area contributed by atoms with Gasteiger partial charge in [-0.3, -0.25) is 5.10 Å². The summed E-state index contributed by atoms with van der Waals surface area (Å²) in [5.41, 5.74) is 11.4. The molecule has 5 heteroatoms. The zero-order valence-electron chi connectivity index (χ0n) is 10.4. The van der Waals surface area contributed by atoms with Gasteiger partial charge in [-0.2, -0.15) is 5.10 Å². The molecule has 0 saturated carbocycles. The summed E-state index contributed by atoms with van der Waals surface area (Å²) in [7, 11) is 0. The number of H-pyrrole nitrogens is 2. The first-order valence-electron chi connectivity index (χ1n) is 6.34. The van der Waals surface area contributed by atoms with Crippen LogP contribution in [-0.2, 0) is 17.8 Å². The predicted molar refractivity (Wildman–Crippen MR) is 73.7 cm³/mol.